The summed E-state index contributed by atoms with van der Waals surface area (Å²) in [7, 11) is 0. The Labute approximate surface area is 131 Å². The van der Waals surface area contributed by atoms with Crippen molar-refractivity contribution in [2.24, 2.45) is 5.41 Å². The van der Waals surface area contributed by atoms with Crippen molar-refractivity contribution < 1.29 is 14.6 Å². The molecule has 0 aliphatic heterocycles. The van der Waals surface area contributed by atoms with Crippen LogP contribution in [0.3, 0.4) is 0 Å². The highest BCUT2D eigenvalue weighted by Crippen LogP contribution is 2.34. The summed E-state index contributed by atoms with van der Waals surface area (Å²) in [5.74, 6) is -0.0918. The second kappa shape index (κ2) is 10.2. The van der Waals surface area contributed by atoms with Gasteiger partial charge in [-0.15, -0.1) is 0 Å². The van der Waals surface area contributed by atoms with E-state index in [-0.39, 0.29) is 18.0 Å². The molecule has 0 amide bonds. The van der Waals surface area contributed by atoms with Crippen LogP contribution in [0.15, 0.2) is 0 Å². The van der Waals surface area contributed by atoms with Crippen molar-refractivity contribution in [3.63, 3.8) is 0 Å². The molecule has 1 unspecified atom stereocenters. The highest BCUT2D eigenvalue weighted by molar-refractivity contribution is 5.76. The lowest BCUT2D eigenvalue weighted by atomic mass is 9.79. The maximum atomic E-state index is 12.6. The Balaban J connectivity index is 4.65. The lowest BCUT2D eigenvalue weighted by molar-refractivity contribution is -0.170. The average Bonchev–Trinajstić information content (AvgIpc) is 2.40. The molecule has 0 radical (unpaired) electrons. The minimum atomic E-state index is -0.581. The van der Waals surface area contributed by atoms with Crippen molar-refractivity contribution in [3.05, 3.63) is 0 Å². The molecular weight excluding hydrogens is 264 g/mol. The van der Waals surface area contributed by atoms with Gasteiger partial charge in [-0.05, 0) is 33.6 Å². The number of carbonyl (C=O) groups is 1. The maximum Gasteiger partial charge on any atom is 0.312 e. The van der Waals surface area contributed by atoms with Gasteiger partial charge in [0, 0.05) is 13.0 Å². The number of ether oxygens (including phenoxy) is 1. The zero-order valence-electron chi connectivity index (χ0n) is 14.8. The SMILES string of the molecule is CCCCCCC(C)(CCCC)C(=O)OC(C)(C)CCO. The predicted octanol–water partition coefficient (Wildman–Crippen LogP) is 4.86. The van der Waals surface area contributed by atoms with Crippen LogP contribution in [0.5, 0.6) is 0 Å². The number of hydrogen-bond acceptors (Lipinski definition) is 3. The number of unbranched alkanes of at least 4 members (excludes halogenated alkanes) is 4. The van der Waals surface area contributed by atoms with Gasteiger partial charge in [0.2, 0.25) is 0 Å². The van der Waals surface area contributed by atoms with Crippen LogP contribution < -0.4 is 0 Å². The standard InChI is InChI=1S/C18H36O3/c1-6-8-10-11-13-18(5,12-9-7-2)16(20)21-17(3,4)14-15-19/h19H,6-15H2,1-5H3. The minimum absolute atomic E-state index is 0.0441. The molecule has 0 spiro atoms. The fourth-order valence-corrected chi connectivity index (χ4v) is 2.53. The molecule has 0 rings (SSSR count). The van der Waals surface area contributed by atoms with Crippen molar-refractivity contribution >= 4 is 5.97 Å². The molecule has 1 atom stereocenters. The summed E-state index contributed by atoms with van der Waals surface area (Å²) in [6.45, 7) is 10.2. The van der Waals surface area contributed by atoms with Crippen molar-refractivity contribution in [1.29, 1.82) is 0 Å². The Morgan fingerprint density at radius 2 is 1.48 bits per heavy atom. The predicted molar refractivity (Wildman–Crippen MR) is 88.3 cm³/mol. The van der Waals surface area contributed by atoms with Gasteiger partial charge in [-0.25, -0.2) is 0 Å². The Morgan fingerprint density at radius 1 is 0.905 bits per heavy atom. The van der Waals surface area contributed by atoms with Gasteiger partial charge in [0.05, 0.1) is 5.41 Å². The summed E-state index contributed by atoms with van der Waals surface area (Å²) in [5, 5.41) is 9.07. The molecule has 0 aromatic heterocycles. The van der Waals surface area contributed by atoms with E-state index in [4.69, 9.17) is 9.84 Å². The first-order valence-electron chi connectivity index (χ1n) is 8.65. The smallest absolute Gasteiger partial charge is 0.312 e. The van der Waals surface area contributed by atoms with Gasteiger partial charge >= 0.3 is 5.97 Å². The first-order chi connectivity index (χ1) is 9.81. The van der Waals surface area contributed by atoms with E-state index in [1.807, 2.05) is 20.8 Å². The quantitative estimate of drug-likeness (QED) is 0.413. The number of esters is 1. The first kappa shape index (κ1) is 20.4. The lowest BCUT2D eigenvalue weighted by Gasteiger charge is -2.33. The van der Waals surface area contributed by atoms with E-state index < -0.39 is 5.60 Å². The molecule has 1 N–H and O–H groups in total. The third-order valence-electron chi connectivity index (χ3n) is 4.24. The van der Waals surface area contributed by atoms with E-state index in [1.165, 1.54) is 19.3 Å². The summed E-state index contributed by atoms with van der Waals surface area (Å²) in [6, 6.07) is 0. The van der Waals surface area contributed by atoms with Gasteiger partial charge in [-0.3, -0.25) is 4.79 Å². The number of aliphatic hydroxyl groups is 1. The van der Waals surface area contributed by atoms with Gasteiger partial charge in [0.1, 0.15) is 5.60 Å². The summed E-state index contributed by atoms with van der Waals surface area (Å²) in [5.41, 5.74) is -0.959. The average molecular weight is 300 g/mol. The molecule has 0 aliphatic rings. The molecular formula is C18H36O3. The summed E-state index contributed by atoms with van der Waals surface area (Å²) in [6.07, 6.45) is 9.14. The zero-order valence-corrected chi connectivity index (χ0v) is 14.8. The van der Waals surface area contributed by atoms with Crippen LogP contribution in [-0.4, -0.2) is 23.3 Å². The molecule has 0 fully saturated rings. The van der Waals surface area contributed by atoms with E-state index in [1.54, 1.807) is 0 Å². The Morgan fingerprint density at radius 3 is 2.00 bits per heavy atom. The molecule has 0 saturated heterocycles. The second-order valence-corrected chi connectivity index (χ2v) is 7.10. The van der Waals surface area contributed by atoms with Crippen molar-refractivity contribution in [1.82, 2.24) is 0 Å². The van der Waals surface area contributed by atoms with Gasteiger partial charge in [0.15, 0.2) is 0 Å². The van der Waals surface area contributed by atoms with Crippen LogP contribution >= 0.6 is 0 Å². The summed E-state index contributed by atoms with van der Waals surface area (Å²) in [4.78, 5) is 12.6. The van der Waals surface area contributed by atoms with Crippen molar-refractivity contribution in [3.8, 4) is 0 Å². The number of carbonyl (C=O) groups excluding carboxylic acids is 1. The van der Waals surface area contributed by atoms with Gasteiger partial charge in [-0.2, -0.15) is 0 Å². The molecule has 21 heavy (non-hydrogen) atoms. The van der Waals surface area contributed by atoms with Crippen LogP contribution in [0, 0.1) is 5.41 Å². The number of rotatable bonds is 12. The molecule has 3 heteroatoms. The van der Waals surface area contributed by atoms with E-state index in [0.29, 0.717) is 6.42 Å². The highest BCUT2D eigenvalue weighted by Gasteiger charge is 2.37. The van der Waals surface area contributed by atoms with Crippen LogP contribution in [0.2, 0.25) is 0 Å². The second-order valence-electron chi connectivity index (χ2n) is 7.10. The molecule has 126 valence electrons. The van der Waals surface area contributed by atoms with Crippen LogP contribution in [0.1, 0.15) is 92.4 Å². The monoisotopic (exact) mass is 300 g/mol. The Kier molecular flexibility index (Phi) is 9.93. The fourth-order valence-electron chi connectivity index (χ4n) is 2.53. The topological polar surface area (TPSA) is 46.5 Å². The van der Waals surface area contributed by atoms with Crippen LogP contribution in [0.4, 0.5) is 0 Å². The van der Waals surface area contributed by atoms with Gasteiger partial charge in [0.25, 0.3) is 0 Å². The third-order valence-corrected chi connectivity index (χ3v) is 4.24. The maximum absolute atomic E-state index is 12.6. The normalized spacial score (nSPS) is 14.8. The van der Waals surface area contributed by atoms with E-state index in [0.717, 1.165) is 32.1 Å². The van der Waals surface area contributed by atoms with Crippen LogP contribution in [0.25, 0.3) is 0 Å². The highest BCUT2D eigenvalue weighted by atomic mass is 16.6. The number of hydrogen-bond donors (Lipinski definition) is 1. The third kappa shape index (κ3) is 8.45. The van der Waals surface area contributed by atoms with Gasteiger partial charge in [-0.1, -0.05) is 52.4 Å². The molecule has 0 aliphatic carbocycles. The van der Waals surface area contributed by atoms with Crippen molar-refractivity contribution in [2.75, 3.05) is 6.61 Å². The summed E-state index contributed by atoms with van der Waals surface area (Å²) >= 11 is 0. The Hall–Kier alpha value is -0.570. The molecule has 3 nitrogen and oxygen atoms in total. The molecule has 0 heterocycles. The fraction of sp³-hybridized carbons (Fsp3) is 0.944. The lowest BCUT2D eigenvalue weighted by Crippen LogP contribution is -2.38. The minimum Gasteiger partial charge on any atom is -0.459 e. The Bertz CT molecular complexity index is 286. The van der Waals surface area contributed by atoms with Crippen LogP contribution in [-0.2, 0) is 9.53 Å². The van der Waals surface area contributed by atoms with Gasteiger partial charge < -0.3 is 9.84 Å². The largest absolute Gasteiger partial charge is 0.459 e. The van der Waals surface area contributed by atoms with E-state index >= 15 is 0 Å². The molecule has 0 saturated carbocycles. The summed E-state index contributed by atoms with van der Waals surface area (Å²) < 4.78 is 5.70. The molecule has 0 aromatic rings. The number of aliphatic hydroxyl groups excluding tert-OH is 1. The molecule has 0 aromatic carbocycles. The first-order valence-corrected chi connectivity index (χ1v) is 8.65. The van der Waals surface area contributed by atoms with E-state index in [2.05, 4.69) is 13.8 Å². The van der Waals surface area contributed by atoms with E-state index in [9.17, 15) is 4.79 Å². The van der Waals surface area contributed by atoms with Crippen molar-refractivity contribution in [2.45, 2.75) is 98.0 Å². The zero-order chi connectivity index (χ0) is 16.4. The molecule has 0 bridgehead atoms.